The number of carbonyl (C=O) groups excluding carboxylic acids is 2. The zero-order valence-corrected chi connectivity index (χ0v) is 12.3. The first kappa shape index (κ1) is 15.0. The van der Waals surface area contributed by atoms with E-state index in [-0.39, 0.29) is 17.6 Å². The van der Waals surface area contributed by atoms with Gasteiger partial charge in [0, 0.05) is 12.0 Å². The van der Waals surface area contributed by atoms with Crippen molar-refractivity contribution in [1.29, 1.82) is 0 Å². The van der Waals surface area contributed by atoms with Crippen molar-refractivity contribution in [3.8, 4) is 0 Å². The van der Waals surface area contributed by atoms with Crippen LogP contribution in [0.15, 0.2) is 54.6 Å². The van der Waals surface area contributed by atoms with E-state index in [0.717, 1.165) is 5.56 Å². The lowest BCUT2D eigenvalue weighted by atomic mass is 9.97. The Balaban J connectivity index is 2.04. The molecule has 0 spiro atoms. The molecule has 2 aromatic carbocycles. The Morgan fingerprint density at radius 2 is 1.62 bits per heavy atom. The summed E-state index contributed by atoms with van der Waals surface area (Å²) in [5.41, 5.74) is 2.25. The van der Waals surface area contributed by atoms with Crippen LogP contribution < -0.4 is 5.32 Å². The molecule has 0 radical (unpaired) electrons. The smallest absolute Gasteiger partial charge is 0.224 e. The van der Waals surface area contributed by atoms with Gasteiger partial charge < -0.3 is 5.32 Å². The number of amides is 1. The molecule has 0 bridgehead atoms. The van der Waals surface area contributed by atoms with Crippen LogP contribution in [0.4, 0.5) is 5.69 Å². The number of hydrogen-bond donors (Lipinski definition) is 1. The molecular formula is C18H19NO2. The van der Waals surface area contributed by atoms with Gasteiger partial charge in [-0.3, -0.25) is 9.59 Å². The molecule has 108 valence electrons. The highest BCUT2D eigenvalue weighted by molar-refractivity contribution is 6.03. The van der Waals surface area contributed by atoms with Gasteiger partial charge in [-0.15, -0.1) is 0 Å². The Labute approximate surface area is 125 Å². The van der Waals surface area contributed by atoms with Gasteiger partial charge in [0.1, 0.15) is 0 Å². The van der Waals surface area contributed by atoms with Gasteiger partial charge in [-0.1, -0.05) is 49.4 Å². The molecule has 0 saturated heterocycles. The summed E-state index contributed by atoms with van der Waals surface area (Å²) < 4.78 is 0. The van der Waals surface area contributed by atoms with E-state index in [2.05, 4.69) is 5.32 Å². The van der Waals surface area contributed by atoms with E-state index in [4.69, 9.17) is 0 Å². The summed E-state index contributed by atoms with van der Waals surface area (Å²) in [5.74, 6) is -0.00208. The topological polar surface area (TPSA) is 46.2 Å². The van der Waals surface area contributed by atoms with Crippen molar-refractivity contribution in [3.63, 3.8) is 0 Å². The minimum atomic E-state index is -0.0833. The Morgan fingerprint density at radius 1 is 1.00 bits per heavy atom. The quantitative estimate of drug-likeness (QED) is 0.841. The largest absolute Gasteiger partial charge is 0.325 e. The van der Waals surface area contributed by atoms with Gasteiger partial charge in [0.2, 0.25) is 5.91 Å². The third kappa shape index (κ3) is 4.02. The van der Waals surface area contributed by atoms with Gasteiger partial charge in [0.15, 0.2) is 5.78 Å². The molecule has 1 N–H and O–H groups in total. The van der Waals surface area contributed by atoms with E-state index in [9.17, 15) is 9.59 Å². The van der Waals surface area contributed by atoms with Crippen LogP contribution in [0.5, 0.6) is 0 Å². The highest BCUT2D eigenvalue weighted by Gasteiger charge is 2.13. The number of hydrogen-bond acceptors (Lipinski definition) is 2. The van der Waals surface area contributed by atoms with Crippen LogP contribution in [0.25, 0.3) is 0 Å². The second kappa shape index (κ2) is 6.84. The van der Waals surface area contributed by atoms with E-state index in [1.807, 2.05) is 43.3 Å². The molecule has 0 aliphatic heterocycles. The van der Waals surface area contributed by atoms with Crippen LogP contribution in [-0.4, -0.2) is 11.7 Å². The minimum absolute atomic E-state index is 0.0537. The van der Waals surface area contributed by atoms with Gasteiger partial charge in [0.05, 0.1) is 5.69 Å². The number of nitrogens with one attached hydrogen (secondary N) is 1. The lowest BCUT2D eigenvalue weighted by Gasteiger charge is -2.13. The zero-order valence-electron chi connectivity index (χ0n) is 12.3. The maximum absolute atomic E-state index is 12.1. The molecule has 0 aromatic heterocycles. The summed E-state index contributed by atoms with van der Waals surface area (Å²) in [4.78, 5) is 23.7. The Kier molecular flexibility index (Phi) is 4.88. The fraction of sp³-hybridized carbons (Fsp3) is 0.222. The molecule has 0 unspecified atom stereocenters. The Bertz CT molecular complexity index is 635. The van der Waals surface area contributed by atoms with Crippen molar-refractivity contribution in [3.05, 3.63) is 65.7 Å². The van der Waals surface area contributed by atoms with Gasteiger partial charge in [-0.2, -0.15) is 0 Å². The second-order valence-corrected chi connectivity index (χ2v) is 5.17. The molecule has 2 rings (SSSR count). The van der Waals surface area contributed by atoms with Crippen LogP contribution >= 0.6 is 0 Å². The Hall–Kier alpha value is -2.42. The van der Waals surface area contributed by atoms with Crippen molar-refractivity contribution in [2.24, 2.45) is 0 Å². The fourth-order valence-electron chi connectivity index (χ4n) is 2.28. The molecular weight excluding hydrogens is 262 g/mol. The fourth-order valence-corrected chi connectivity index (χ4v) is 2.28. The third-order valence-electron chi connectivity index (χ3n) is 3.44. The predicted octanol–water partition coefficient (Wildman–Crippen LogP) is 4.02. The van der Waals surface area contributed by atoms with Crippen molar-refractivity contribution < 1.29 is 9.59 Å². The van der Waals surface area contributed by atoms with E-state index >= 15 is 0 Å². The van der Waals surface area contributed by atoms with Crippen molar-refractivity contribution in [2.45, 2.75) is 26.2 Å². The first-order valence-electron chi connectivity index (χ1n) is 7.02. The maximum atomic E-state index is 12.1. The molecule has 3 nitrogen and oxygen atoms in total. The van der Waals surface area contributed by atoms with Gasteiger partial charge >= 0.3 is 0 Å². The molecule has 0 aliphatic rings. The third-order valence-corrected chi connectivity index (χ3v) is 3.44. The average Bonchev–Trinajstić information content (AvgIpc) is 2.48. The standard InChI is InChI=1S/C18H19NO2/c1-13(15-8-4-3-5-9-15)12-18(21)19-17-11-7-6-10-16(17)14(2)20/h3-11,13H,12H2,1-2H3,(H,19,21)/t13-/m0/s1. The second-order valence-electron chi connectivity index (χ2n) is 5.17. The average molecular weight is 281 g/mol. The first-order valence-corrected chi connectivity index (χ1v) is 7.02. The summed E-state index contributed by atoms with van der Waals surface area (Å²) in [6.45, 7) is 3.52. The highest BCUT2D eigenvalue weighted by Crippen LogP contribution is 2.21. The molecule has 2 aromatic rings. The SMILES string of the molecule is CC(=O)c1ccccc1NC(=O)C[C@H](C)c1ccccc1. The molecule has 0 aliphatic carbocycles. The molecule has 3 heteroatoms. The van der Waals surface area contributed by atoms with E-state index in [1.54, 1.807) is 18.2 Å². The van der Waals surface area contributed by atoms with Crippen LogP contribution in [0.2, 0.25) is 0 Å². The normalized spacial score (nSPS) is 11.7. The van der Waals surface area contributed by atoms with Crippen LogP contribution in [-0.2, 0) is 4.79 Å². The number of para-hydroxylation sites is 1. The molecule has 0 fully saturated rings. The summed E-state index contributed by atoms with van der Waals surface area (Å²) in [7, 11) is 0. The number of carbonyl (C=O) groups is 2. The summed E-state index contributed by atoms with van der Waals surface area (Å²) in [6, 6.07) is 17.0. The monoisotopic (exact) mass is 281 g/mol. The number of anilines is 1. The summed E-state index contributed by atoms with van der Waals surface area (Å²) in [5, 5.41) is 2.83. The van der Waals surface area contributed by atoms with Crippen LogP contribution in [0.1, 0.15) is 42.1 Å². The van der Waals surface area contributed by atoms with Crippen molar-refractivity contribution >= 4 is 17.4 Å². The molecule has 0 heterocycles. The predicted molar refractivity (Wildman–Crippen MR) is 84.6 cm³/mol. The summed E-state index contributed by atoms with van der Waals surface area (Å²) >= 11 is 0. The minimum Gasteiger partial charge on any atom is -0.325 e. The zero-order chi connectivity index (χ0) is 15.2. The highest BCUT2D eigenvalue weighted by atomic mass is 16.1. The number of Topliss-reactive ketones (excluding diaryl/α,β-unsaturated/α-hetero) is 1. The van der Waals surface area contributed by atoms with Crippen LogP contribution in [0.3, 0.4) is 0 Å². The van der Waals surface area contributed by atoms with E-state index in [0.29, 0.717) is 17.7 Å². The number of ketones is 1. The molecule has 0 saturated carbocycles. The van der Waals surface area contributed by atoms with Gasteiger partial charge in [0.25, 0.3) is 0 Å². The summed E-state index contributed by atoms with van der Waals surface area (Å²) in [6.07, 6.45) is 0.385. The number of rotatable bonds is 5. The van der Waals surface area contributed by atoms with Crippen LogP contribution in [0, 0.1) is 0 Å². The lowest BCUT2D eigenvalue weighted by molar-refractivity contribution is -0.116. The lowest BCUT2D eigenvalue weighted by Crippen LogP contribution is -2.16. The van der Waals surface area contributed by atoms with Gasteiger partial charge in [-0.05, 0) is 30.5 Å². The molecule has 1 atom stereocenters. The van der Waals surface area contributed by atoms with E-state index < -0.39 is 0 Å². The van der Waals surface area contributed by atoms with Crippen molar-refractivity contribution in [2.75, 3.05) is 5.32 Å². The maximum Gasteiger partial charge on any atom is 0.224 e. The molecule has 21 heavy (non-hydrogen) atoms. The van der Waals surface area contributed by atoms with Gasteiger partial charge in [-0.25, -0.2) is 0 Å². The number of benzene rings is 2. The Morgan fingerprint density at radius 3 is 2.29 bits per heavy atom. The van der Waals surface area contributed by atoms with E-state index in [1.165, 1.54) is 6.92 Å². The first-order chi connectivity index (χ1) is 10.1. The van der Waals surface area contributed by atoms with Crippen molar-refractivity contribution in [1.82, 2.24) is 0 Å². The molecule has 1 amide bonds.